The molecule has 0 aliphatic carbocycles. The number of anilines is 1. The number of imidazole rings is 1. The van der Waals surface area contributed by atoms with Gasteiger partial charge in [-0.1, -0.05) is 62.3 Å². The summed E-state index contributed by atoms with van der Waals surface area (Å²) < 4.78 is 12.9. The van der Waals surface area contributed by atoms with Gasteiger partial charge in [-0.15, -0.1) is 0 Å². The largest absolute Gasteiger partial charge is 0.496 e. The number of fused-ring (bicyclic) bond motifs is 1. The molecule has 5 aromatic rings. The first-order chi connectivity index (χ1) is 17.3. The Balaban J connectivity index is 1.31. The molecule has 2 aromatic heterocycles. The molecule has 0 saturated heterocycles. The summed E-state index contributed by atoms with van der Waals surface area (Å²) in [7, 11) is 1.68. The zero-order valence-corrected chi connectivity index (χ0v) is 20.8. The topological polar surface area (TPSA) is 82.2 Å². The number of ether oxygens (including phenoxy) is 1. The van der Waals surface area contributed by atoms with Gasteiger partial charge in [-0.25, -0.2) is 4.98 Å². The average molecular weight is 481 g/mol. The Morgan fingerprint density at radius 3 is 2.53 bits per heavy atom. The number of amides is 1. The first-order valence-corrected chi connectivity index (χ1v) is 11.8. The quantitative estimate of drug-likeness (QED) is 0.314. The van der Waals surface area contributed by atoms with Crippen LogP contribution in [0.15, 0.2) is 83.6 Å². The molecule has 0 bridgehead atoms. The van der Waals surface area contributed by atoms with E-state index in [1.54, 1.807) is 13.2 Å². The summed E-state index contributed by atoms with van der Waals surface area (Å²) in [6.45, 7) is 6.09. The van der Waals surface area contributed by atoms with Crippen molar-refractivity contribution in [2.75, 3.05) is 12.4 Å². The van der Waals surface area contributed by atoms with E-state index in [0.29, 0.717) is 5.82 Å². The van der Waals surface area contributed by atoms with Gasteiger partial charge in [0, 0.05) is 22.7 Å². The van der Waals surface area contributed by atoms with Crippen molar-refractivity contribution >= 4 is 22.8 Å². The molecular formula is C29H28N4O3. The maximum Gasteiger partial charge on any atom is 0.230 e. The standard InChI is InChI=1S/C29H28N4O3/c1-29(2,3)26-17-27(32-36-26)31-28(34)15-19-9-12-21(13-10-19)33-18-30-23-16-20(11-14-24(23)33)22-7-5-6-8-25(22)35-4/h5-14,16-18H,15H2,1-4H3,(H,31,32,34). The van der Waals surface area contributed by atoms with E-state index in [1.807, 2.05) is 80.2 Å². The normalized spacial score (nSPS) is 11.6. The van der Waals surface area contributed by atoms with Gasteiger partial charge in [-0.3, -0.25) is 9.36 Å². The van der Waals surface area contributed by atoms with Gasteiger partial charge in [0.1, 0.15) is 17.8 Å². The van der Waals surface area contributed by atoms with Crippen LogP contribution in [-0.4, -0.2) is 27.7 Å². The summed E-state index contributed by atoms with van der Waals surface area (Å²) in [5, 5.41) is 6.76. The Hall–Kier alpha value is -4.39. The molecular weight excluding hydrogens is 452 g/mol. The lowest BCUT2D eigenvalue weighted by Gasteiger charge is -2.12. The van der Waals surface area contributed by atoms with E-state index in [1.165, 1.54) is 0 Å². The molecule has 0 spiro atoms. The SMILES string of the molecule is COc1ccccc1-c1ccc2c(c1)ncn2-c1ccc(CC(=O)Nc2cc(C(C)(C)C)on2)cc1. The van der Waals surface area contributed by atoms with Gasteiger partial charge in [0.15, 0.2) is 5.82 Å². The second-order valence-electron chi connectivity index (χ2n) is 9.74. The minimum absolute atomic E-state index is 0.145. The van der Waals surface area contributed by atoms with Gasteiger partial charge >= 0.3 is 0 Å². The van der Waals surface area contributed by atoms with Crippen molar-refractivity contribution in [3.8, 4) is 22.6 Å². The third-order valence-corrected chi connectivity index (χ3v) is 6.06. The molecule has 7 heteroatoms. The van der Waals surface area contributed by atoms with Gasteiger partial charge in [0.05, 0.1) is 24.6 Å². The highest BCUT2D eigenvalue weighted by molar-refractivity contribution is 5.91. The molecule has 0 aliphatic rings. The number of rotatable bonds is 6. The van der Waals surface area contributed by atoms with Crippen LogP contribution in [0.25, 0.3) is 27.8 Å². The van der Waals surface area contributed by atoms with Crippen LogP contribution in [0.5, 0.6) is 5.75 Å². The Morgan fingerprint density at radius 1 is 1.03 bits per heavy atom. The van der Waals surface area contributed by atoms with Crippen molar-refractivity contribution in [1.82, 2.24) is 14.7 Å². The maximum atomic E-state index is 12.5. The number of nitrogens with one attached hydrogen (secondary N) is 1. The third-order valence-electron chi connectivity index (χ3n) is 6.06. The first kappa shape index (κ1) is 23.4. The Kier molecular flexibility index (Phi) is 6.06. The number of para-hydroxylation sites is 1. The average Bonchev–Trinajstić information content (AvgIpc) is 3.51. The predicted octanol–water partition coefficient (Wildman–Crippen LogP) is 6.17. The molecule has 0 unspecified atom stereocenters. The van der Waals surface area contributed by atoms with Gasteiger partial charge in [-0.05, 0) is 41.5 Å². The molecule has 1 amide bonds. The van der Waals surface area contributed by atoms with Gasteiger partial charge in [0.2, 0.25) is 5.91 Å². The molecule has 0 atom stereocenters. The van der Waals surface area contributed by atoms with Crippen molar-refractivity contribution in [2.24, 2.45) is 0 Å². The number of methoxy groups -OCH3 is 1. The van der Waals surface area contributed by atoms with Crippen LogP contribution < -0.4 is 10.1 Å². The van der Waals surface area contributed by atoms with E-state index in [9.17, 15) is 4.79 Å². The second-order valence-corrected chi connectivity index (χ2v) is 9.74. The molecule has 0 saturated carbocycles. The molecule has 0 fully saturated rings. The van der Waals surface area contributed by atoms with Crippen LogP contribution in [0.3, 0.4) is 0 Å². The highest BCUT2D eigenvalue weighted by atomic mass is 16.5. The number of carbonyl (C=O) groups excluding carboxylic acids is 1. The van der Waals surface area contributed by atoms with Gasteiger partial charge in [-0.2, -0.15) is 0 Å². The summed E-state index contributed by atoms with van der Waals surface area (Å²) in [6, 6.07) is 23.8. The fourth-order valence-electron chi connectivity index (χ4n) is 4.10. The Labute approximate surface area is 209 Å². The molecule has 1 N–H and O–H groups in total. The highest BCUT2D eigenvalue weighted by Crippen LogP contribution is 2.32. The predicted molar refractivity (Wildman–Crippen MR) is 141 cm³/mol. The molecule has 2 heterocycles. The van der Waals surface area contributed by atoms with Crippen molar-refractivity contribution in [2.45, 2.75) is 32.6 Å². The van der Waals surface area contributed by atoms with Crippen molar-refractivity contribution in [3.05, 3.63) is 90.4 Å². The van der Waals surface area contributed by atoms with E-state index in [-0.39, 0.29) is 17.7 Å². The zero-order chi connectivity index (χ0) is 25.3. The molecule has 0 radical (unpaired) electrons. The molecule has 5 rings (SSSR count). The summed E-state index contributed by atoms with van der Waals surface area (Å²) in [4.78, 5) is 17.1. The summed E-state index contributed by atoms with van der Waals surface area (Å²) in [5.74, 6) is 1.84. The van der Waals surface area contributed by atoms with E-state index in [0.717, 1.165) is 44.9 Å². The molecule has 36 heavy (non-hydrogen) atoms. The van der Waals surface area contributed by atoms with Crippen molar-refractivity contribution in [1.29, 1.82) is 0 Å². The summed E-state index contributed by atoms with van der Waals surface area (Å²) in [6.07, 6.45) is 2.06. The number of hydrogen-bond donors (Lipinski definition) is 1. The zero-order valence-electron chi connectivity index (χ0n) is 20.8. The fourth-order valence-corrected chi connectivity index (χ4v) is 4.10. The fraction of sp³-hybridized carbons (Fsp3) is 0.207. The summed E-state index contributed by atoms with van der Waals surface area (Å²) >= 11 is 0. The smallest absolute Gasteiger partial charge is 0.230 e. The lowest BCUT2D eigenvalue weighted by molar-refractivity contribution is -0.115. The Morgan fingerprint density at radius 2 is 1.81 bits per heavy atom. The van der Waals surface area contributed by atoms with Gasteiger partial charge in [0.25, 0.3) is 0 Å². The van der Waals surface area contributed by atoms with Crippen molar-refractivity contribution in [3.63, 3.8) is 0 Å². The van der Waals surface area contributed by atoms with Crippen LogP contribution in [0.1, 0.15) is 32.1 Å². The monoisotopic (exact) mass is 480 g/mol. The Bertz CT molecular complexity index is 1520. The van der Waals surface area contributed by atoms with E-state index >= 15 is 0 Å². The first-order valence-electron chi connectivity index (χ1n) is 11.8. The minimum Gasteiger partial charge on any atom is -0.496 e. The molecule has 7 nitrogen and oxygen atoms in total. The van der Waals surface area contributed by atoms with Crippen LogP contribution >= 0.6 is 0 Å². The van der Waals surface area contributed by atoms with Crippen LogP contribution in [0.2, 0.25) is 0 Å². The number of aromatic nitrogens is 3. The lowest BCUT2D eigenvalue weighted by atomic mass is 9.93. The second kappa shape index (κ2) is 9.34. The maximum absolute atomic E-state index is 12.5. The number of carbonyl (C=O) groups is 1. The number of nitrogens with zero attached hydrogens (tertiary/aromatic N) is 3. The lowest BCUT2D eigenvalue weighted by Crippen LogP contribution is -2.14. The minimum atomic E-state index is -0.167. The van der Waals surface area contributed by atoms with E-state index < -0.39 is 0 Å². The van der Waals surface area contributed by atoms with E-state index in [2.05, 4.69) is 33.7 Å². The van der Waals surface area contributed by atoms with Crippen LogP contribution in [0, 0.1) is 0 Å². The van der Waals surface area contributed by atoms with Crippen molar-refractivity contribution < 1.29 is 14.1 Å². The molecule has 182 valence electrons. The molecule has 3 aromatic carbocycles. The summed E-state index contributed by atoms with van der Waals surface area (Å²) in [5.41, 5.74) is 5.67. The number of hydrogen-bond acceptors (Lipinski definition) is 5. The number of benzene rings is 3. The van der Waals surface area contributed by atoms with E-state index in [4.69, 9.17) is 9.26 Å². The molecule has 0 aliphatic heterocycles. The third kappa shape index (κ3) is 4.73. The van der Waals surface area contributed by atoms with Crippen LogP contribution in [-0.2, 0) is 16.6 Å². The van der Waals surface area contributed by atoms with Gasteiger partial charge < -0.3 is 14.6 Å². The highest BCUT2D eigenvalue weighted by Gasteiger charge is 2.20. The van der Waals surface area contributed by atoms with Crippen LogP contribution in [0.4, 0.5) is 5.82 Å².